The van der Waals surface area contributed by atoms with Gasteiger partial charge in [0.15, 0.2) is 0 Å². The summed E-state index contributed by atoms with van der Waals surface area (Å²) in [5.41, 5.74) is -2.26. The topological polar surface area (TPSA) is 143 Å². The van der Waals surface area contributed by atoms with Gasteiger partial charge in [-0.15, -0.1) is 0 Å². The number of carbonyl (C=O) groups is 4. The molecule has 3 heterocycles. The molecular formula is C23H29F3N6O4. The molecule has 2 spiro atoms. The molecule has 0 aromatic heterocycles. The Morgan fingerprint density at radius 3 is 2.53 bits per heavy atom. The molecule has 13 heteroatoms. The van der Waals surface area contributed by atoms with Crippen molar-refractivity contribution in [3.8, 4) is 6.07 Å². The van der Waals surface area contributed by atoms with E-state index < -0.39 is 59.1 Å². The van der Waals surface area contributed by atoms with E-state index in [-0.39, 0.29) is 23.7 Å². The number of nitriles is 1. The van der Waals surface area contributed by atoms with Gasteiger partial charge in [-0.2, -0.15) is 18.4 Å². The second-order valence-electron chi connectivity index (χ2n) is 11.5. The van der Waals surface area contributed by atoms with Crippen molar-refractivity contribution >= 4 is 23.6 Å². The van der Waals surface area contributed by atoms with E-state index in [0.717, 1.165) is 12.8 Å². The SMILES string of the molecule is CC1(C)N[C@@]23C[C@@H]([C@@H](C(=O)N[C@H](C#N)C[C@@H]4CCNC4=O)N2C(=O)[C@H]1NC(=O)C(F)(F)F)C1(CC1)C3. The van der Waals surface area contributed by atoms with Gasteiger partial charge in [0.2, 0.25) is 17.7 Å². The van der Waals surface area contributed by atoms with E-state index in [1.54, 1.807) is 13.8 Å². The van der Waals surface area contributed by atoms with Crippen LogP contribution in [0.3, 0.4) is 0 Å². The highest BCUT2D eigenvalue weighted by molar-refractivity contribution is 5.96. The lowest BCUT2D eigenvalue weighted by Crippen LogP contribution is -2.80. The standard InChI is InChI=1S/C23H29F3N6O4/c1-20(2)15(30-19(36)23(24,25)26)18(35)32-14(13-8-22(32,31-20)10-21(13)4-5-21)17(34)29-12(9-27)7-11-3-6-28-16(11)33/h11-15,31H,3-8,10H2,1-2H3,(H,28,33)(H,29,34)(H,30,36)/t11-,12-,13-,14-,15+,22-/m0/s1. The van der Waals surface area contributed by atoms with Gasteiger partial charge in [0.25, 0.3) is 0 Å². The van der Waals surface area contributed by atoms with Crippen LogP contribution in [-0.4, -0.2) is 70.6 Å². The predicted molar refractivity (Wildman–Crippen MR) is 116 cm³/mol. The van der Waals surface area contributed by atoms with Crippen molar-refractivity contribution in [1.82, 2.24) is 26.2 Å². The van der Waals surface area contributed by atoms with E-state index >= 15 is 0 Å². The van der Waals surface area contributed by atoms with Crippen LogP contribution in [-0.2, 0) is 19.2 Å². The van der Waals surface area contributed by atoms with E-state index in [0.29, 0.717) is 25.8 Å². The average molecular weight is 511 g/mol. The van der Waals surface area contributed by atoms with Gasteiger partial charge in [0.1, 0.15) is 18.1 Å². The van der Waals surface area contributed by atoms with Crippen molar-refractivity contribution in [3.05, 3.63) is 0 Å². The van der Waals surface area contributed by atoms with Crippen LogP contribution >= 0.6 is 0 Å². The molecule has 0 aromatic carbocycles. The fraction of sp³-hybridized carbons (Fsp3) is 0.783. The maximum absolute atomic E-state index is 13.7. The van der Waals surface area contributed by atoms with Crippen LogP contribution in [0.2, 0.25) is 0 Å². The Morgan fingerprint density at radius 1 is 1.28 bits per heavy atom. The molecule has 2 bridgehead atoms. The number of nitrogens with zero attached hydrogens (tertiary/aromatic N) is 2. The Kier molecular flexibility index (Phi) is 5.38. The summed E-state index contributed by atoms with van der Waals surface area (Å²) < 4.78 is 39.0. The van der Waals surface area contributed by atoms with Crippen molar-refractivity contribution in [2.45, 2.75) is 87.9 Å². The van der Waals surface area contributed by atoms with Gasteiger partial charge in [-0.3, -0.25) is 24.5 Å². The van der Waals surface area contributed by atoms with Gasteiger partial charge in [0, 0.05) is 18.0 Å². The van der Waals surface area contributed by atoms with Gasteiger partial charge in [-0.05, 0) is 63.7 Å². The van der Waals surface area contributed by atoms with E-state index in [2.05, 4.69) is 16.0 Å². The number of alkyl halides is 3. The molecule has 2 saturated carbocycles. The first kappa shape index (κ1) is 24.8. The number of amides is 4. The quantitative estimate of drug-likeness (QED) is 0.412. The highest BCUT2D eigenvalue weighted by atomic mass is 19.4. The maximum atomic E-state index is 13.7. The Bertz CT molecular complexity index is 1070. The van der Waals surface area contributed by atoms with Gasteiger partial charge in [0.05, 0.1) is 11.7 Å². The van der Waals surface area contributed by atoms with E-state index in [9.17, 15) is 37.6 Å². The van der Waals surface area contributed by atoms with E-state index in [1.165, 1.54) is 4.90 Å². The number of piperidine rings is 1. The van der Waals surface area contributed by atoms with Gasteiger partial charge < -0.3 is 20.9 Å². The van der Waals surface area contributed by atoms with Crippen LogP contribution in [0.25, 0.3) is 0 Å². The summed E-state index contributed by atoms with van der Waals surface area (Å²) in [5.74, 6) is -4.35. The third-order valence-electron chi connectivity index (χ3n) is 8.72. The summed E-state index contributed by atoms with van der Waals surface area (Å²) in [7, 11) is 0. The molecule has 0 radical (unpaired) electrons. The maximum Gasteiger partial charge on any atom is 0.471 e. The molecule has 4 amide bonds. The van der Waals surface area contributed by atoms with Gasteiger partial charge in [-0.25, -0.2) is 0 Å². The summed E-state index contributed by atoms with van der Waals surface area (Å²) in [6, 6.07) is -1.47. The normalized spacial score (nSPS) is 36.2. The molecule has 5 aliphatic rings. The van der Waals surface area contributed by atoms with Crippen molar-refractivity contribution in [2.24, 2.45) is 17.3 Å². The van der Waals surface area contributed by atoms with Crippen LogP contribution in [0.4, 0.5) is 13.2 Å². The molecule has 6 atom stereocenters. The summed E-state index contributed by atoms with van der Waals surface area (Å²) in [4.78, 5) is 52.3. The number of nitrogens with one attached hydrogen (secondary N) is 4. The second-order valence-corrected chi connectivity index (χ2v) is 11.5. The zero-order valence-electron chi connectivity index (χ0n) is 20.0. The molecular weight excluding hydrogens is 481 g/mol. The predicted octanol–water partition coefficient (Wildman–Crippen LogP) is 0.0472. The minimum absolute atomic E-state index is 0.130. The smallest absolute Gasteiger partial charge is 0.356 e. The van der Waals surface area contributed by atoms with Crippen LogP contribution in [0.5, 0.6) is 0 Å². The van der Waals surface area contributed by atoms with Crippen molar-refractivity contribution in [2.75, 3.05) is 6.54 Å². The zero-order valence-corrected chi connectivity index (χ0v) is 20.0. The fourth-order valence-corrected chi connectivity index (χ4v) is 7.08. The number of fused-ring (bicyclic) bond motifs is 2. The Morgan fingerprint density at radius 2 is 1.97 bits per heavy atom. The van der Waals surface area contributed by atoms with E-state index in [4.69, 9.17) is 0 Å². The molecule has 3 aliphatic heterocycles. The van der Waals surface area contributed by atoms with Gasteiger partial charge in [-0.1, -0.05) is 0 Å². The molecule has 36 heavy (non-hydrogen) atoms. The Labute approximate surface area is 205 Å². The lowest BCUT2D eigenvalue weighted by molar-refractivity contribution is -0.179. The van der Waals surface area contributed by atoms with Crippen LogP contribution in [0, 0.1) is 28.6 Å². The minimum Gasteiger partial charge on any atom is -0.356 e. The third-order valence-corrected chi connectivity index (χ3v) is 8.72. The van der Waals surface area contributed by atoms with Gasteiger partial charge >= 0.3 is 12.1 Å². The highest BCUT2D eigenvalue weighted by Gasteiger charge is 2.76. The molecule has 3 saturated heterocycles. The zero-order chi connectivity index (χ0) is 26.3. The Hall–Kier alpha value is -2.88. The molecule has 2 aliphatic carbocycles. The summed E-state index contributed by atoms with van der Waals surface area (Å²) in [6.45, 7) is 3.63. The molecule has 196 valence electrons. The monoisotopic (exact) mass is 510 g/mol. The van der Waals surface area contributed by atoms with Crippen molar-refractivity contribution in [3.63, 3.8) is 0 Å². The molecule has 0 aromatic rings. The summed E-state index contributed by atoms with van der Waals surface area (Å²) in [5, 5.41) is 20.2. The van der Waals surface area contributed by atoms with Crippen molar-refractivity contribution < 1.29 is 32.3 Å². The first-order valence-corrected chi connectivity index (χ1v) is 12.2. The number of carbonyl (C=O) groups excluding carboxylic acids is 4. The number of rotatable bonds is 5. The number of hydrogen-bond acceptors (Lipinski definition) is 6. The molecule has 0 unspecified atom stereocenters. The van der Waals surface area contributed by atoms with Crippen LogP contribution in [0.1, 0.15) is 52.4 Å². The number of halogens is 3. The number of hydrogen-bond donors (Lipinski definition) is 4. The third kappa shape index (κ3) is 3.72. The van der Waals surface area contributed by atoms with E-state index in [1.807, 2.05) is 11.4 Å². The molecule has 10 nitrogen and oxygen atoms in total. The average Bonchev–Trinajstić information content (AvgIpc) is 3.13. The second kappa shape index (κ2) is 7.81. The summed E-state index contributed by atoms with van der Waals surface area (Å²) in [6.07, 6.45) is -1.69. The Balaban J connectivity index is 1.41. The largest absolute Gasteiger partial charge is 0.471 e. The summed E-state index contributed by atoms with van der Waals surface area (Å²) >= 11 is 0. The van der Waals surface area contributed by atoms with Crippen molar-refractivity contribution in [1.29, 1.82) is 5.26 Å². The lowest BCUT2D eigenvalue weighted by atomic mass is 9.79. The molecule has 4 N–H and O–H groups in total. The first-order chi connectivity index (χ1) is 16.7. The highest BCUT2D eigenvalue weighted by Crippen LogP contribution is 2.70. The first-order valence-electron chi connectivity index (χ1n) is 12.2. The molecule has 5 rings (SSSR count). The molecule has 5 fully saturated rings. The van der Waals surface area contributed by atoms with Crippen LogP contribution in [0.15, 0.2) is 0 Å². The lowest BCUT2D eigenvalue weighted by Gasteiger charge is -2.56. The minimum atomic E-state index is -5.17. The van der Waals surface area contributed by atoms with Crippen LogP contribution < -0.4 is 21.3 Å². The fourth-order valence-electron chi connectivity index (χ4n) is 7.08.